The molecule has 1 aliphatic heterocycles. The number of benzene rings is 4. The number of hydrogen-bond acceptors (Lipinski definition) is 4. The molecule has 0 N–H and O–H groups in total. The lowest BCUT2D eigenvalue weighted by Gasteiger charge is -2.18. The van der Waals surface area contributed by atoms with Gasteiger partial charge in [-0.1, -0.05) is 122 Å². The Bertz CT molecular complexity index is 2150. The van der Waals surface area contributed by atoms with E-state index in [0.29, 0.717) is 11.2 Å². The van der Waals surface area contributed by atoms with Gasteiger partial charge in [0.05, 0.1) is 20.3 Å². The van der Waals surface area contributed by atoms with Crippen molar-refractivity contribution in [1.82, 2.24) is 4.98 Å². The Labute approximate surface area is 284 Å². The fraction of sp³-hybridized carbons (Fsp3) is 0.119. The maximum absolute atomic E-state index is 5.44. The number of rotatable bonds is 4. The minimum absolute atomic E-state index is 0.324. The molecule has 4 aromatic carbocycles. The van der Waals surface area contributed by atoms with Crippen molar-refractivity contribution in [1.29, 1.82) is 0 Å². The first kappa shape index (κ1) is 30.1. The second-order valence-corrected chi connectivity index (χ2v) is 14.6. The van der Waals surface area contributed by atoms with Crippen LogP contribution in [0, 0.1) is 36.5 Å². The summed E-state index contributed by atoms with van der Waals surface area (Å²) in [5, 5.41) is 1.38. The Morgan fingerprint density at radius 2 is 1.15 bits per heavy atom. The molecule has 222 valence electrons. The van der Waals surface area contributed by atoms with Crippen molar-refractivity contribution in [2.24, 2.45) is 5.92 Å². The molecular formula is C42H31NS3. The summed E-state index contributed by atoms with van der Waals surface area (Å²) in [6, 6.07) is 41.8. The molecule has 0 amide bonds. The molecule has 1 aliphatic rings. The minimum Gasteiger partial charge on any atom is -0.235 e. The van der Waals surface area contributed by atoms with E-state index in [9.17, 15) is 0 Å². The van der Waals surface area contributed by atoms with E-state index in [1.54, 1.807) is 22.7 Å². The van der Waals surface area contributed by atoms with Crippen molar-refractivity contribution in [3.8, 4) is 45.5 Å². The summed E-state index contributed by atoms with van der Waals surface area (Å²) in [4.78, 5) is 10.1. The van der Waals surface area contributed by atoms with Crippen LogP contribution in [0.4, 0.5) is 0 Å². The largest absolute Gasteiger partial charge is 0.235 e. The van der Waals surface area contributed by atoms with Crippen LogP contribution in [0.2, 0.25) is 0 Å². The zero-order valence-electron chi connectivity index (χ0n) is 25.9. The highest BCUT2D eigenvalue weighted by molar-refractivity contribution is 8.03. The predicted molar refractivity (Wildman–Crippen MR) is 199 cm³/mol. The van der Waals surface area contributed by atoms with Gasteiger partial charge in [0, 0.05) is 27.5 Å². The van der Waals surface area contributed by atoms with Crippen molar-refractivity contribution in [2.45, 2.75) is 26.0 Å². The summed E-state index contributed by atoms with van der Waals surface area (Å²) in [7, 11) is 0. The molecule has 0 saturated carbocycles. The summed E-state index contributed by atoms with van der Waals surface area (Å²) >= 11 is 5.45. The Morgan fingerprint density at radius 1 is 0.609 bits per heavy atom. The molecule has 0 fully saturated rings. The van der Waals surface area contributed by atoms with E-state index in [0.717, 1.165) is 48.3 Å². The maximum atomic E-state index is 5.44. The summed E-state index contributed by atoms with van der Waals surface area (Å²) in [6.07, 6.45) is 0. The topological polar surface area (TPSA) is 12.9 Å². The molecule has 0 spiro atoms. The minimum atomic E-state index is 0.324. The predicted octanol–water partition coefficient (Wildman–Crippen LogP) is 11.5. The van der Waals surface area contributed by atoms with Gasteiger partial charge in [-0.25, -0.2) is 4.98 Å². The molecular weight excluding hydrogens is 615 g/mol. The van der Waals surface area contributed by atoms with Crippen LogP contribution in [0.3, 0.4) is 0 Å². The van der Waals surface area contributed by atoms with Gasteiger partial charge in [0.15, 0.2) is 0 Å². The molecule has 2 atom stereocenters. The molecule has 6 aromatic rings. The van der Waals surface area contributed by atoms with E-state index in [1.165, 1.54) is 20.9 Å². The van der Waals surface area contributed by atoms with Gasteiger partial charge in [-0.05, 0) is 71.6 Å². The molecule has 2 unspecified atom stereocenters. The second kappa shape index (κ2) is 13.4. The average molecular weight is 646 g/mol. The van der Waals surface area contributed by atoms with Crippen LogP contribution in [-0.4, -0.2) is 4.98 Å². The highest BCUT2D eigenvalue weighted by Crippen LogP contribution is 2.57. The SMILES string of the molecule is CC1=C(c2sc(-c3ccccc3)nc2-c2c(C#Cc3ccccc3)sc(C#Cc3ccccc3)c2C)C(C)C(c2ccccc2)S1. The maximum Gasteiger partial charge on any atom is 0.124 e. The Morgan fingerprint density at radius 3 is 1.76 bits per heavy atom. The average Bonchev–Trinajstić information content (AvgIpc) is 3.76. The molecule has 1 nitrogen and oxygen atoms in total. The fourth-order valence-corrected chi connectivity index (χ4v) is 9.66. The first-order valence-corrected chi connectivity index (χ1v) is 17.8. The summed E-state index contributed by atoms with van der Waals surface area (Å²) in [5.41, 5.74) is 9.11. The van der Waals surface area contributed by atoms with Gasteiger partial charge in [-0.3, -0.25) is 0 Å². The molecule has 0 aliphatic carbocycles. The Hall–Kier alpha value is -4.58. The number of hydrogen-bond donors (Lipinski definition) is 0. The number of aromatic nitrogens is 1. The molecule has 7 rings (SSSR count). The molecule has 0 radical (unpaired) electrons. The summed E-state index contributed by atoms with van der Waals surface area (Å²) in [5.74, 6) is 14.2. The Kier molecular flexibility index (Phi) is 8.78. The molecule has 46 heavy (non-hydrogen) atoms. The van der Waals surface area contributed by atoms with Crippen LogP contribution in [0.15, 0.2) is 126 Å². The third-order valence-electron chi connectivity index (χ3n) is 8.19. The van der Waals surface area contributed by atoms with E-state index < -0.39 is 0 Å². The van der Waals surface area contributed by atoms with Crippen molar-refractivity contribution in [3.63, 3.8) is 0 Å². The van der Waals surface area contributed by atoms with Gasteiger partial charge in [-0.2, -0.15) is 0 Å². The van der Waals surface area contributed by atoms with Crippen LogP contribution in [0.1, 0.15) is 56.0 Å². The number of nitrogens with zero attached hydrogens (tertiary/aromatic N) is 1. The summed E-state index contributed by atoms with van der Waals surface area (Å²) < 4.78 is 0. The number of thiazole rings is 1. The second-order valence-electron chi connectivity index (χ2n) is 11.3. The van der Waals surface area contributed by atoms with E-state index in [2.05, 4.69) is 129 Å². The molecule has 4 heteroatoms. The lowest BCUT2D eigenvalue weighted by molar-refractivity contribution is 0.739. The van der Waals surface area contributed by atoms with Gasteiger partial charge in [0.2, 0.25) is 0 Å². The number of thioether (sulfide) groups is 1. The normalized spacial score (nSPS) is 15.6. The zero-order chi connectivity index (χ0) is 31.5. The zero-order valence-corrected chi connectivity index (χ0v) is 28.3. The first-order chi connectivity index (χ1) is 22.6. The fourth-order valence-electron chi connectivity index (χ4n) is 5.88. The van der Waals surface area contributed by atoms with Gasteiger partial charge in [0.25, 0.3) is 0 Å². The highest BCUT2D eigenvalue weighted by atomic mass is 32.2. The quantitative estimate of drug-likeness (QED) is 0.177. The van der Waals surface area contributed by atoms with Gasteiger partial charge >= 0.3 is 0 Å². The summed E-state index contributed by atoms with van der Waals surface area (Å²) in [6.45, 7) is 6.83. The van der Waals surface area contributed by atoms with Gasteiger partial charge in [-0.15, -0.1) is 34.4 Å². The van der Waals surface area contributed by atoms with E-state index in [-0.39, 0.29) is 0 Å². The lowest BCUT2D eigenvalue weighted by Crippen LogP contribution is -2.04. The standard InChI is InChI=1S/C42H31NS3/c1-28-35(26-24-31-16-8-4-9-17-31)45-36(27-25-32-18-10-5-11-19-32)38(28)39-41(46-42(43-39)34-22-14-7-15-23-34)37-29(2)40(44-30(37)3)33-20-12-6-13-21-33/h4-23,29,40H,1-3H3. The third kappa shape index (κ3) is 6.13. The number of allylic oxidation sites excluding steroid dienone is 2. The van der Waals surface area contributed by atoms with Crippen molar-refractivity contribution >= 4 is 40.0 Å². The Balaban J connectivity index is 1.42. The van der Waals surface area contributed by atoms with Crippen LogP contribution < -0.4 is 0 Å². The van der Waals surface area contributed by atoms with Crippen LogP contribution >= 0.6 is 34.4 Å². The number of thiophene rings is 1. The van der Waals surface area contributed by atoms with Crippen LogP contribution in [0.25, 0.3) is 27.4 Å². The third-order valence-corrected chi connectivity index (χ3v) is 12.0. The van der Waals surface area contributed by atoms with Crippen molar-refractivity contribution in [2.75, 3.05) is 0 Å². The van der Waals surface area contributed by atoms with Crippen LogP contribution in [-0.2, 0) is 0 Å². The van der Waals surface area contributed by atoms with E-state index in [1.807, 2.05) is 48.2 Å². The van der Waals surface area contributed by atoms with E-state index >= 15 is 0 Å². The molecule has 0 saturated heterocycles. The smallest absolute Gasteiger partial charge is 0.124 e. The molecule has 0 bridgehead atoms. The van der Waals surface area contributed by atoms with E-state index in [4.69, 9.17) is 4.98 Å². The van der Waals surface area contributed by atoms with Crippen molar-refractivity contribution < 1.29 is 0 Å². The lowest BCUT2D eigenvalue weighted by atomic mass is 9.90. The molecule has 3 heterocycles. The first-order valence-electron chi connectivity index (χ1n) is 15.3. The monoisotopic (exact) mass is 645 g/mol. The molecule has 2 aromatic heterocycles. The van der Waals surface area contributed by atoms with Gasteiger partial charge in [0.1, 0.15) is 5.01 Å². The van der Waals surface area contributed by atoms with Gasteiger partial charge < -0.3 is 0 Å². The van der Waals surface area contributed by atoms with Crippen LogP contribution in [0.5, 0.6) is 0 Å². The van der Waals surface area contributed by atoms with Crippen molar-refractivity contribution in [3.05, 3.63) is 163 Å². The highest BCUT2D eigenvalue weighted by Gasteiger charge is 2.36.